The lowest BCUT2D eigenvalue weighted by atomic mass is 10.0. The number of ether oxygens (including phenoxy) is 1. The van der Waals surface area contributed by atoms with Crippen LogP contribution in [0.1, 0.15) is 36.5 Å². The normalized spacial score (nSPS) is 11.8. The zero-order valence-electron chi connectivity index (χ0n) is 26.4. The Morgan fingerprint density at radius 3 is 2.22 bits per heavy atom. The lowest BCUT2D eigenvalue weighted by molar-refractivity contribution is -0.140. The molecule has 0 spiro atoms. The monoisotopic (exact) mass is 705 g/mol. The average Bonchev–Trinajstić information content (AvgIpc) is 3.06. The Morgan fingerprint density at radius 1 is 0.891 bits per heavy atom. The maximum atomic E-state index is 14.6. The molecule has 0 radical (unpaired) electrons. The molecular formula is C36H40BrN3O5S. The first kappa shape index (κ1) is 34.7. The number of methoxy groups -OCH3 is 1. The molecule has 10 heteroatoms. The van der Waals surface area contributed by atoms with Gasteiger partial charge in [0, 0.05) is 24.0 Å². The van der Waals surface area contributed by atoms with E-state index < -0.39 is 28.5 Å². The van der Waals surface area contributed by atoms with Crippen molar-refractivity contribution >= 4 is 43.5 Å². The number of rotatable bonds is 15. The van der Waals surface area contributed by atoms with E-state index in [0.717, 1.165) is 38.3 Å². The minimum atomic E-state index is -4.24. The third-order valence-corrected chi connectivity index (χ3v) is 9.82. The molecule has 0 bridgehead atoms. The molecule has 1 N–H and O–H groups in total. The molecule has 4 rings (SSSR count). The van der Waals surface area contributed by atoms with Gasteiger partial charge >= 0.3 is 0 Å². The highest BCUT2D eigenvalue weighted by molar-refractivity contribution is 9.10. The van der Waals surface area contributed by atoms with Gasteiger partial charge < -0.3 is 15.0 Å². The van der Waals surface area contributed by atoms with E-state index in [2.05, 4.69) is 21.2 Å². The van der Waals surface area contributed by atoms with E-state index in [4.69, 9.17) is 4.74 Å². The number of sulfonamides is 1. The Kier molecular flexibility index (Phi) is 12.4. The number of anilines is 1. The number of hydrogen-bond donors (Lipinski definition) is 1. The molecule has 0 aliphatic rings. The number of hydrogen-bond acceptors (Lipinski definition) is 5. The first-order chi connectivity index (χ1) is 22.1. The Balaban J connectivity index is 1.83. The zero-order valence-corrected chi connectivity index (χ0v) is 28.8. The van der Waals surface area contributed by atoms with Gasteiger partial charge in [0.15, 0.2) is 0 Å². The number of nitrogens with one attached hydrogen (secondary N) is 1. The largest absolute Gasteiger partial charge is 0.495 e. The summed E-state index contributed by atoms with van der Waals surface area (Å²) in [4.78, 5) is 30.0. The summed E-state index contributed by atoms with van der Waals surface area (Å²) in [5, 5.41) is 3.01. The number of halogens is 1. The molecule has 0 aliphatic carbocycles. The summed E-state index contributed by atoms with van der Waals surface area (Å²) < 4.78 is 36.0. The van der Waals surface area contributed by atoms with Gasteiger partial charge in [0.1, 0.15) is 18.3 Å². The Morgan fingerprint density at radius 2 is 1.57 bits per heavy atom. The van der Waals surface area contributed by atoms with Gasteiger partial charge in [-0.1, -0.05) is 96.0 Å². The van der Waals surface area contributed by atoms with Crippen LogP contribution in [0.4, 0.5) is 5.69 Å². The maximum Gasteiger partial charge on any atom is 0.264 e. The van der Waals surface area contributed by atoms with E-state index in [1.807, 2.05) is 74.5 Å². The molecule has 2 amide bonds. The van der Waals surface area contributed by atoms with Crippen LogP contribution in [0.15, 0.2) is 112 Å². The van der Waals surface area contributed by atoms with E-state index >= 15 is 0 Å². The number of amides is 2. The zero-order chi connectivity index (χ0) is 33.1. The highest BCUT2D eigenvalue weighted by atomic mass is 79.9. The molecule has 1 atom stereocenters. The number of aryl methyl sites for hydroxylation is 1. The number of carbonyl (C=O) groups is 2. The molecule has 4 aromatic rings. The van der Waals surface area contributed by atoms with Gasteiger partial charge in [-0.25, -0.2) is 8.42 Å². The van der Waals surface area contributed by atoms with Crippen LogP contribution in [0.5, 0.6) is 5.75 Å². The number of benzene rings is 4. The Bertz CT molecular complexity index is 1720. The van der Waals surface area contributed by atoms with Crippen LogP contribution >= 0.6 is 15.9 Å². The van der Waals surface area contributed by atoms with Crippen molar-refractivity contribution in [3.63, 3.8) is 0 Å². The summed E-state index contributed by atoms with van der Waals surface area (Å²) in [5.41, 5.74) is 2.68. The van der Waals surface area contributed by atoms with Gasteiger partial charge in [-0.05, 0) is 66.4 Å². The standard InChI is InChI=1S/C36H40BrN3O5S/c1-4-5-21-38-36(42)33(24-28-13-8-6-9-14-28)39(25-29-15-12-16-30(37)23-29)35(41)26-40(32-22-27(2)19-20-34(32)45-3)46(43,44)31-17-10-7-11-18-31/h6-20,22-23,33H,4-5,21,24-26H2,1-3H3,(H,38,42)/t33-/m0/s1. The second kappa shape index (κ2) is 16.4. The molecule has 0 saturated carbocycles. The molecule has 4 aromatic carbocycles. The third kappa shape index (κ3) is 8.98. The number of unbranched alkanes of at least 4 members (excludes halogenated alkanes) is 1. The van der Waals surface area contributed by atoms with Crippen LogP contribution in [0.2, 0.25) is 0 Å². The predicted octanol–water partition coefficient (Wildman–Crippen LogP) is 6.52. The van der Waals surface area contributed by atoms with Crippen molar-refractivity contribution in [2.75, 3.05) is 24.5 Å². The number of nitrogens with zero attached hydrogens (tertiary/aromatic N) is 2. The minimum absolute atomic E-state index is 0.0306. The minimum Gasteiger partial charge on any atom is -0.495 e. The molecular weight excluding hydrogens is 666 g/mol. The van der Waals surface area contributed by atoms with Crippen LogP contribution in [0.25, 0.3) is 0 Å². The highest BCUT2D eigenvalue weighted by Crippen LogP contribution is 2.34. The quantitative estimate of drug-likeness (QED) is 0.142. The van der Waals surface area contributed by atoms with Crippen molar-refractivity contribution in [2.24, 2.45) is 0 Å². The van der Waals surface area contributed by atoms with Crippen LogP contribution < -0.4 is 14.4 Å². The summed E-state index contributed by atoms with van der Waals surface area (Å²) in [6.45, 7) is 3.88. The fourth-order valence-electron chi connectivity index (χ4n) is 5.12. The van der Waals surface area contributed by atoms with Crippen LogP contribution in [0, 0.1) is 6.92 Å². The second-order valence-corrected chi connectivity index (χ2v) is 13.8. The predicted molar refractivity (Wildman–Crippen MR) is 185 cm³/mol. The maximum absolute atomic E-state index is 14.6. The molecule has 0 fully saturated rings. The van der Waals surface area contributed by atoms with Crippen molar-refractivity contribution in [1.82, 2.24) is 10.2 Å². The number of carbonyl (C=O) groups excluding carboxylic acids is 2. The van der Waals surface area contributed by atoms with E-state index in [1.165, 1.54) is 24.1 Å². The fraction of sp³-hybridized carbons (Fsp3) is 0.278. The molecule has 0 saturated heterocycles. The summed E-state index contributed by atoms with van der Waals surface area (Å²) in [6.07, 6.45) is 1.94. The van der Waals surface area contributed by atoms with E-state index in [-0.39, 0.29) is 29.5 Å². The Labute approximate surface area is 280 Å². The first-order valence-corrected chi connectivity index (χ1v) is 17.4. The van der Waals surface area contributed by atoms with Gasteiger partial charge in [-0.3, -0.25) is 13.9 Å². The van der Waals surface area contributed by atoms with Crippen molar-refractivity contribution in [3.05, 3.63) is 124 Å². The van der Waals surface area contributed by atoms with Crippen molar-refractivity contribution in [3.8, 4) is 5.75 Å². The van der Waals surface area contributed by atoms with Crippen molar-refractivity contribution < 1.29 is 22.7 Å². The van der Waals surface area contributed by atoms with Crippen LogP contribution in [-0.4, -0.2) is 51.4 Å². The molecule has 0 heterocycles. The van der Waals surface area contributed by atoms with Gasteiger partial charge in [0.05, 0.1) is 17.7 Å². The van der Waals surface area contributed by atoms with Gasteiger partial charge in [-0.15, -0.1) is 0 Å². The summed E-state index contributed by atoms with van der Waals surface area (Å²) in [6, 6.07) is 29.3. The molecule has 242 valence electrons. The van der Waals surface area contributed by atoms with Crippen molar-refractivity contribution in [1.29, 1.82) is 0 Å². The van der Waals surface area contributed by atoms with E-state index in [0.29, 0.717) is 12.3 Å². The summed E-state index contributed by atoms with van der Waals surface area (Å²) in [7, 11) is -2.78. The molecule has 8 nitrogen and oxygen atoms in total. The lowest BCUT2D eigenvalue weighted by Gasteiger charge is -2.34. The summed E-state index contributed by atoms with van der Waals surface area (Å²) in [5.74, 6) is -0.532. The van der Waals surface area contributed by atoms with Gasteiger partial charge in [0.2, 0.25) is 11.8 Å². The second-order valence-electron chi connectivity index (χ2n) is 11.0. The van der Waals surface area contributed by atoms with E-state index in [1.54, 1.807) is 30.3 Å². The fourth-order valence-corrected chi connectivity index (χ4v) is 7.00. The molecule has 46 heavy (non-hydrogen) atoms. The first-order valence-electron chi connectivity index (χ1n) is 15.2. The van der Waals surface area contributed by atoms with Gasteiger partial charge in [-0.2, -0.15) is 0 Å². The highest BCUT2D eigenvalue weighted by Gasteiger charge is 2.35. The van der Waals surface area contributed by atoms with Crippen LogP contribution in [0.3, 0.4) is 0 Å². The molecule has 0 aliphatic heterocycles. The topological polar surface area (TPSA) is 96.0 Å². The van der Waals surface area contributed by atoms with Gasteiger partial charge in [0.25, 0.3) is 10.0 Å². The average molecular weight is 707 g/mol. The third-order valence-electron chi connectivity index (χ3n) is 7.56. The SMILES string of the molecule is CCCCNC(=O)[C@H](Cc1ccccc1)N(Cc1cccc(Br)c1)C(=O)CN(c1cc(C)ccc1OC)S(=O)(=O)c1ccccc1. The Hall–Kier alpha value is -4.15. The summed E-state index contributed by atoms with van der Waals surface area (Å²) >= 11 is 3.51. The smallest absolute Gasteiger partial charge is 0.264 e. The molecule has 0 aromatic heterocycles. The van der Waals surface area contributed by atoms with Crippen LogP contribution in [-0.2, 0) is 32.6 Å². The molecule has 0 unspecified atom stereocenters. The van der Waals surface area contributed by atoms with E-state index in [9.17, 15) is 18.0 Å². The van der Waals surface area contributed by atoms with Crippen molar-refractivity contribution in [2.45, 2.75) is 50.6 Å². The lowest BCUT2D eigenvalue weighted by Crippen LogP contribution is -2.53.